The zero-order valence-electron chi connectivity index (χ0n) is 11.0. The molecule has 18 heavy (non-hydrogen) atoms. The van der Waals surface area contributed by atoms with Crippen molar-refractivity contribution < 1.29 is 9.72 Å². The van der Waals surface area contributed by atoms with Gasteiger partial charge in [0.1, 0.15) is 0 Å². The van der Waals surface area contributed by atoms with Crippen LogP contribution in [0.1, 0.15) is 32.8 Å². The van der Waals surface area contributed by atoms with E-state index in [1.165, 1.54) is 6.07 Å². The summed E-state index contributed by atoms with van der Waals surface area (Å²) < 4.78 is 0. The van der Waals surface area contributed by atoms with E-state index < -0.39 is 4.92 Å². The monoisotopic (exact) mass is 250 g/mol. The second kappa shape index (κ2) is 6.14. The van der Waals surface area contributed by atoms with Gasteiger partial charge in [-0.2, -0.15) is 0 Å². The van der Waals surface area contributed by atoms with Gasteiger partial charge in [-0.05, 0) is 18.1 Å². The average Bonchev–Trinajstić information content (AvgIpc) is 2.83. The molecule has 1 aliphatic heterocycles. The highest BCUT2D eigenvalue weighted by Gasteiger charge is 2.25. The molecule has 0 unspecified atom stereocenters. The van der Waals surface area contributed by atoms with Crippen molar-refractivity contribution in [3.63, 3.8) is 0 Å². The summed E-state index contributed by atoms with van der Waals surface area (Å²) in [4.78, 5) is 23.5. The minimum atomic E-state index is -0.412. The Balaban J connectivity index is 0.000000771. The van der Waals surface area contributed by atoms with Crippen LogP contribution in [0.15, 0.2) is 18.2 Å². The van der Waals surface area contributed by atoms with Gasteiger partial charge in [0.05, 0.1) is 4.92 Å². The molecule has 5 heteroatoms. The number of carbonyl (C=O) groups is 1. The Morgan fingerprint density at radius 3 is 2.67 bits per heavy atom. The van der Waals surface area contributed by atoms with Crippen LogP contribution >= 0.6 is 0 Å². The third-order valence-electron chi connectivity index (χ3n) is 2.77. The molecule has 0 radical (unpaired) electrons. The Bertz CT molecular complexity index is 458. The number of nitrogens with zero attached hydrogens (tertiary/aromatic N) is 2. The Hall–Kier alpha value is -1.91. The Kier molecular flexibility index (Phi) is 4.83. The van der Waals surface area contributed by atoms with Gasteiger partial charge in [-0.3, -0.25) is 14.9 Å². The van der Waals surface area contributed by atoms with Crippen molar-refractivity contribution in [3.05, 3.63) is 33.9 Å². The summed E-state index contributed by atoms with van der Waals surface area (Å²) >= 11 is 0. The SMILES string of the molecule is CC.CCC(=O)N1CCc2cc([N+](=O)[O-])ccc21. The standard InChI is InChI=1S/C11H12N2O3.C2H6/c1-2-11(14)12-6-5-8-7-9(13(15)16)3-4-10(8)12;1-2/h3-4,7H,2,5-6H2,1H3;1-2H3. The molecule has 0 fully saturated rings. The second-order valence-corrected chi connectivity index (χ2v) is 3.72. The highest BCUT2D eigenvalue weighted by Crippen LogP contribution is 2.31. The molecule has 1 aromatic rings. The highest BCUT2D eigenvalue weighted by atomic mass is 16.6. The summed E-state index contributed by atoms with van der Waals surface area (Å²) in [7, 11) is 0. The minimum absolute atomic E-state index is 0.0626. The van der Waals surface area contributed by atoms with Crippen LogP contribution in [0.25, 0.3) is 0 Å². The van der Waals surface area contributed by atoms with Crippen LogP contribution < -0.4 is 4.90 Å². The van der Waals surface area contributed by atoms with Crippen molar-refractivity contribution >= 4 is 17.3 Å². The van der Waals surface area contributed by atoms with E-state index >= 15 is 0 Å². The van der Waals surface area contributed by atoms with Crippen molar-refractivity contribution in [2.45, 2.75) is 33.6 Å². The smallest absolute Gasteiger partial charge is 0.269 e. The van der Waals surface area contributed by atoms with Crippen molar-refractivity contribution in [1.82, 2.24) is 0 Å². The van der Waals surface area contributed by atoms with E-state index in [4.69, 9.17) is 0 Å². The summed E-state index contributed by atoms with van der Waals surface area (Å²) in [5, 5.41) is 10.6. The Morgan fingerprint density at radius 2 is 2.11 bits per heavy atom. The van der Waals surface area contributed by atoms with Gasteiger partial charge < -0.3 is 4.90 Å². The lowest BCUT2D eigenvalue weighted by Crippen LogP contribution is -2.27. The summed E-state index contributed by atoms with van der Waals surface area (Å²) in [6.07, 6.45) is 1.15. The highest BCUT2D eigenvalue weighted by molar-refractivity contribution is 5.95. The largest absolute Gasteiger partial charge is 0.312 e. The maximum atomic E-state index is 11.6. The first-order valence-corrected chi connectivity index (χ1v) is 6.21. The number of nitro groups is 1. The molecular formula is C13H18N2O3. The van der Waals surface area contributed by atoms with E-state index in [0.29, 0.717) is 19.4 Å². The Labute approximate surface area is 107 Å². The normalized spacial score (nSPS) is 12.5. The lowest BCUT2D eigenvalue weighted by atomic mass is 10.1. The molecule has 1 amide bonds. The molecule has 5 nitrogen and oxygen atoms in total. The molecule has 2 rings (SSSR count). The topological polar surface area (TPSA) is 63.5 Å². The van der Waals surface area contributed by atoms with Crippen molar-refractivity contribution in [2.24, 2.45) is 0 Å². The number of fused-ring (bicyclic) bond motifs is 1. The van der Waals surface area contributed by atoms with E-state index in [9.17, 15) is 14.9 Å². The summed E-state index contributed by atoms with van der Waals surface area (Å²) in [6, 6.07) is 4.66. The summed E-state index contributed by atoms with van der Waals surface area (Å²) in [6.45, 7) is 6.44. The molecule has 0 spiro atoms. The number of amides is 1. The van der Waals surface area contributed by atoms with Gasteiger partial charge >= 0.3 is 0 Å². The van der Waals surface area contributed by atoms with Crippen LogP contribution in [-0.2, 0) is 11.2 Å². The predicted molar refractivity (Wildman–Crippen MR) is 70.8 cm³/mol. The van der Waals surface area contributed by atoms with Gasteiger partial charge in [-0.1, -0.05) is 20.8 Å². The number of hydrogen-bond donors (Lipinski definition) is 0. The maximum Gasteiger partial charge on any atom is 0.269 e. The van der Waals surface area contributed by atoms with Crippen LogP contribution in [-0.4, -0.2) is 17.4 Å². The fourth-order valence-electron chi connectivity index (χ4n) is 1.95. The minimum Gasteiger partial charge on any atom is -0.312 e. The van der Waals surface area contributed by atoms with Crippen LogP contribution in [0.3, 0.4) is 0 Å². The number of rotatable bonds is 2. The van der Waals surface area contributed by atoms with E-state index in [1.54, 1.807) is 17.0 Å². The van der Waals surface area contributed by atoms with Crippen molar-refractivity contribution in [3.8, 4) is 0 Å². The number of carbonyl (C=O) groups excluding carboxylic acids is 1. The van der Waals surface area contributed by atoms with Crippen LogP contribution in [0, 0.1) is 10.1 Å². The lowest BCUT2D eigenvalue weighted by molar-refractivity contribution is -0.384. The van der Waals surface area contributed by atoms with Gasteiger partial charge in [-0.25, -0.2) is 0 Å². The fraction of sp³-hybridized carbons (Fsp3) is 0.462. The predicted octanol–water partition coefficient (Wildman–Crippen LogP) is 2.92. The van der Waals surface area contributed by atoms with Crippen LogP contribution in [0.4, 0.5) is 11.4 Å². The van der Waals surface area contributed by atoms with Crippen molar-refractivity contribution in [2.75, 3.05) is 11.4 Å². The summed E-state index contributed by atoms with van der Waals surface area (Å²) in [5.74, 6) is 0.0626. The van der Waals surface area contributed by atoms with E-state index in [-0.39, 0.29) is 11.6 Å². The van der Waals surface area contributed by atoms with Crippen LogP contribution in [0.5, 0.6) is 0 Å². The lowest BCUT2D eigenvalue weighted by Gasteiger charge is -2.15. The molecule has 1 heterocycles. The zero-order chi connectivity index (χ0) is 13.7. The maximum absolute atomic E-state index is 11.6. The second-order valence-electron chi connectivity index (χ2n) is 3.72. The average molecular weight is 250 g/mol. The molecule has 0 aromatic heterocycles. The van der Waals surface area contributed by atoms with Gasteiger partial charge in [0.25, 0.3) is 5.69 Å². The number of hydrogen-bond acceptors (Lipinski definition) is 3. The molecular weight excluding hydrogens is 232 g/mol. The van der Waals surface area contributed by atoms with Gasteiger partial charge in [-0.15, -0.1) is 0 Å². The van der Waals surface area contributed by atoms with E-state index in [2.05, 4.69) is 0 Å². The molecule has 0 atom stereocenters. The molecule has 98 valence electrons. The molecule has 1 aromatic carbocycles. The molecule has 0 aliphatic carbocycles. The number of non-ortho nitro benzene ring substituents is 1. The first-order valence-electron chi connectivity index (χ1n) is 6.21. The molecule has 0 saturated heterocycles. The quantitative estimate of drug-likeness (QED) is 0.598. The molecule has 0 saturated carbocycles. The third-order valence-corrected chi connectivity index (χ3v) is 2.77. The van der Waals surface area contributed by atoms with E-state index in [0.717, 1.165) is 11.3 Å². The zero-order valence-corrected chi connectivity index (χ0v) is 11.0. The number of anilines is 1. The Morgan fingerprint density at radius 1 is 1.44 bits per heavy atom. The first-order chi connectivity index (χ1) is 8.63. The first kappa shape index (κ1) is 14.2. The fourth-order valence-corrected chi connectivity index (χ4v) is 1.95. The third kappa shape index (κ3) is 2.67. The number of benzene rings is 1. The molecule has 1 aliphatic rings. The van der Waals surface area contributed by atoms with Gasteiger partial charge in [0.2, 0.25) is 5.91 Å². The summed E-state index contributed by atoms with van der Waals surface area (Å²) in [5.41, 5.74) is 1.79. The molecule has 0 bridgehead atoms. The van der Waals surface area contributed by atoms with Crippen LogP contribution in [0.2, 0.25) is 0 Å². The van der Waals surface area contributed by atoms with Crippen molar-refractivity contribution in [1.29, 1.82) is 0 Å². The van der Waals surface area contributed by atoms with Gasteiger partial charge in [0.15, 0.2) is 0 Å². The van der Waals surface area contributed by atoms with E-state index in [1.807, 2.05) is 20.8 Å². The van der Waals surface area contributed by atoms with Gasteiger partial charge in [0, 0.05) is 30.8 Å². The molecule has 0 N–H and O–H groups in total. The number of nitro benzene ring substituents is 1.